The third-order valence-electron chi connectivity index (χ3n) is 2.85. The monoisotopic (exact) mass is 256 g/mol. The zero-order valence-corrected chi connectivity index (χ0v) is 11.9. The van der Waals surface area contributed by atoms with Crippen molar-refractivity contribution in [3.05, 3.63) is 27.8 Å². The van der Waals surface area contributed by atoms with E-state index >= 15 is 0 Å². The summed E-state index contributed by atoms with van der Waals surface area (Å²) in [5.74, 6) is 0.818. The molecule has 0 radical (unpaired) electrons. The highest BCUT2D eigenvalue weighted by atomic mass is 35.5. The molecule has 1 unspecified atom stereocenters. The molecule has 0 aromatic heterocycles. The second-order valence-electron chi connectivity index (χ2n) is 4.62. The molecule has 17 heavy (non-hydrogen) atoms. The second kappa shape index (κ2) is 5.71. The largest absolute Gasteiger partial charge is 0.496 e. The van der Waals surface area contributed by atoms with E-state index in [0.717, 1.165) is 34.0 Å². The third kappa shape index (κ3) is 3.12. The van der Waals surface area contributed by atoms with Crippen molar-refractivity contribution in [3.63, 3.8) is 0 Å². The molecule has 96 valence electrons. The van der Waals surface area contributed by atoms with E-state index in [1.54, 1.807) is 7.11 Å². The number of aryl methyl sites for hydroxylation is 1. The van der Waals surface area contributed by atoms with E-state index in [1.165, 1.54) is 0 Å². The SMILES string of the molecule is COc1cc(C)c(Cl)c(C)c1C(N)CN(C)C. The van der Waals surface area contributed by atoms with Crippen molar-refractivity contribution in [1.82, 2.24) is 4.90 Å². The summed E-state index contributed by atoms with van der Waals surface area (Å²) in [6.45, 7) is 4.72. The van der Waals surface area contributed by atoms with Gasteiger partial charge in [0.25, 0.3) is 0 Å². The van der Waals surface area contributed by atoms with Crippen LogP contribution in [0.1, 0.15) is 22.7 Å². The van der Waals surface area contributed by atoms with Gasteiger partial charge in [-0.1, -0.05) is 11.6 Å². The fourth-order valence-corrected chi connectivity index (χ4v) is 2.21. The highest BCUT2D eigenvalue weighted by Gasteiger charge is 2.19. The van der Waals surface area contributed by atoms with Crippen LogP contribution in [-0.4, -0.2) is 32.6 Å². The topological polar surface area (TPSA) is 38.5 Å². The first kappa shape index (κ1) is 14.3. The summed E-state index contributed by atoms with van der Waals surface area (Å²) >= 11 is 6.27. The van der Waals surface area contributed by atoms with Gasteiger partial charge >= 0.3 is 0 Å². The molecule has 0 aliphatic heterocycles. The molecule has 0 saturated carbocycles. The molecule has 0 spiro atoms. The van der Waals surface area contributed by atoms with Crippen molar-refractivity contribution in [1.29, 1.82) is 0 Å². The van der Waals surface area contributed by atoms with E-state index in [9.17, 15) is 0 Å². The first-order chi connectivity index (χ1) is 7.88. The van der Waals surface area contributed by atoms with Crippen LogP contribution in [0.25, 0.3) is 0 Å². The Morgan fingerprint density at radius 2 is 2.00 bits per heavy atom. The van der Waals surface area contributed by atoms with Gasteiger partial charge in [0.1, 0.15) is 5.75 Å². The average Bonchev–Trinajstić information content (AvgIpc) is 2.23. The van der Waals surface area contributed by atoms with Gasteiger partial charge in [-0.2, -0.15) is 0 Å². The van der Waals surface area contributed by atoms with Gasteiger partial charge in [-0.3, -0.25) is 0 Å². The minimum atomic E-state index is -0.0990. The molecule has 0 heterocycles. The van der Waals surface area contributed by atoms with Gasteiger partial charge in [0, 0.05) is 23.2 Å². The van der Waals surface area contributed by atoms with Crippen molar-refractivity contribution in [2.24, 2.45) is 5.73 Å². The average molecular weight is 257 g/mol. The Morgan fingerprint density at radius 1 is 1.41 bits per heavy atom. The van der Waals surface area contributed by atoms with E-state index in [4.69, 9.17) is 22.1 Å². The standard InChI is InChI=1S/C13H21ClN2O/c1-8-6-11(17-5)12(9(2)13(8)14)10(15)7-16(3)4/h6,10H,7,15H2,1-5H3. The van der Waals surface area contributed by atoms with Gasteiger partial charge in [-0.15, -0.1) is 0 Å². The Bertz CT molecular complexity index is 405. The molecule has 1 rings (SSSR count). The van der Waals surface area contributed by atoms with Crippen molar-refractivity contribution >= 4 is 11.6 Å². The summed E-state index contributed by atoms with van der Waals surface area (Å²) in [5, 5.41) is 0.773. The summed E-state index contributed by atoms with van der Waals surface area (Å²) in [7, 11) is 5.66. The lowest BCUT2D eigenvalue weighted by molar-refractivity contribution is 0.361. The Morgan fingerprint density at radius 3 is 2.47 bits per heavy atom. The number of nitrogens with zero attached hydrogens (tertiary/aromatic N) is 1. The molecule has 0 aliphatic carbocycles. The lowest BCUT2D eigenvalue weighted by atomic mass is 9.98. The highest BCUT2D eigenvalue weighted by Crippen LogP contribution is 2.34. The number of nitrogens with two attached hydrogens (primary N) is 1. The molecule has 1 atom stereocenters. The fraction of sp³-hybridized carbons (Fsp3) is 0.538. The minimum Gasteiger partial charge on any atom is -0.496 e. The lowest BCUT2D eigenvalue weighted by Gasteiger charge is -2.23. The van der Waals surface area contributed by atoms with Gasteiger partial charge in [0.2, 0.25) is 0 Å². The number of rotatable bonds is 4. The van der Waals surface area contributed by atoms with Crippen molar-refractivity contribution in [2.45, 2.75) is 19.9 Å². The number of ether oxygens (including phenoxy) is 1. The molecule has 0 amide bonds. The maximum absolute atomic E-state index is 6.27. The van der Waals surface area contributed by atoms with Crippen LogP contribution in [0, 0.1) is 13.8 Å². The van der Waals surface area contributed by atoms with Gasteiger partial charge in [-0.25, -0.2) is 0 Å². The van der Waals surface area contributed by atoms with Crippen LogP contribution >= 0.6 is 11.6 Å². The van der Waals surface area contributed by atoms with E-state index < -0.39 is 0 Å². The molecule has 1 aromatic rings. The summed E-state index contributed by atoms with van der Waals surface area (Å²) < 4.78 is 5.41. The summed E-state index contributed by atoms with van der Waals surface area (Å²) in [6, 6.07) is 1.85. The predicted molar refractivity (Wildman–Crippen MR) is 73.0 cm³/mol. The first-order valence-corrected chi connectivity index (χ1v) is 6.00. The van der Waals surface area contributed by atoms with Crippen LogP contribution in [0.3, 0.4) is 0 Å². The van der Waals surface area contributed by atoms with E-state index in [1.807, 2.05) is 34.0 Å². The number of hydrogen-bond acceptors (Lipinski definition) is 3. The fourth-order valence-electron chi connectivity index (χ4n) is 2.05. The van der Waals surface area contributed by atoms with Crippen molar-refractivity contribution in [2.75, 3.05) is 27.7 Å². The van der Waals surface area contributed by atoms with Crippen molar-refractivity contribution in [3.8, 4) is 5.75 Å². The molecule has 3 nitrogen and oxygen atoms in total. The highest BCUT2D eigenvalue weighted by molar-refractivity contribution is 6.32. The zero-order chi connectivity index (χ0) is 13.2. The second-order valence-corrected chi connectivity index (χ2v) is 5.00. The quantitative estimate of drug-likeness (QED) is 0.900. The van der Waals surface area contributed by atoms with Gasteiger partial charge in [0.15, 0.2) is 0 Å². The van der Waals surface area contributed by atoms with Crippen molar-refractivity contribution < 1.29 is 4.74 Å². The molecular weight excluding hydrogens is 236 g/mol. The number of benzene rings is 1. The Hall–Kier alpha value is -0.770. The normalized spacial score (nSPS) is 12.9. The third-order valence-corrected chi connectivity index (χ3v) is 3.43. The number of halogens is 1. The molecule has 0 fully saturated rings. The molecule has 1 aromatic carbocycles. The Kier molecular flexibility index (Phi) is 4.80. The summed E-state index contributed by atoms with van der Waals surface area (Å²) in [4.78, 5) is 2.05. The van der Waals surface area contributed by atoms with Gasteiger partial charge in [0.05, 0.1) is 7.11 Å². The predicted octanol–water partition coefficient (Wildman–Crippen LogP) is 2.53. The van der Waals surface area contributed by atoms with Crippen LogP contribution in [0.15, 0.2) is 6.07 Å². The molecule has 0 bridgehead atoms. The molecule has 0 aliphatic rings. The van der Waals surface area contributed by atoms with E-state index in [0.29, 0.717) is 0 Å². The Balaban J connectivity index is 3.25. The number of likely N-dealkylation sites (N-methyl/N-ethyl adjacent to an activating group) is 1. The van der Waals surface area contributed by atoms with Crippen LogP contribution in [-0.2, 0) is 0 Å². The van der Waals surface area contributed by atoms with Gasteiger partial charge in [-0.05, 0) is 45.1 Å². The van der Waals surface area contributed by atoms with Crippen LogP contribution < -0.4 is 10.5 Å². The number of hydrogen-bond donors (Lipinski definition) is 1. The van der Waals surface area contributed by atoms with Crippen LogP contribution in [0.4, 0.5) is 0 Å². The Labute approximate surface area is 109 Å². The molecule has 4 heteroatoms. The maximum Gasteiger partial charge on any atom is 0.124 e. The van der Waals surface area contributed by atoms with E-state index in [2.05, 4.69) is 4.90 Å². The smallest absolute Gasteiger partial charge is 0.124 e. The van der Waals surface area contributed by atoms with Gasteiger partial charge < -0.3 is 15.4 Å². The summed E-state index contributed by atoms with van der Waals surface area (Å²) in [6.07, 6.45) is 0. The van der Waals surface area contributed by atoms with Crippen LogP contribution in [0.2, 0.25) is 5.02 Å². The summed E-state index contributed by atoms with van der Waals surface area (Å²) in [5.41, 5.74) is 9.24. The first-order valence-electron chi connectivity index (χ1n) is 5.62. The van der Waals surface area contributed by atoms with E-state index in [-0.39, 0.29) is 6.04 Å². The zero-order valence-electron chi connectivity index (χ0n) is 11.2. The number of methoxy groups -OCH3 is 1. The minimum absolute atomic E-state index is 0.0990. The van der Waals surface area contributed by atoms with Crippen LogP contribution in [0.5, 0.6) is 5.75 Å². The lowest BCUT2D eigenvalue weighted by Crippen LogP contribution is -2.27. The maximum atomic E-state index is 6.27. The molecular formula is C13H21ClN2O. The molecule has 2 N–H and O–H groups in total. The molecule has 0 saturated heterocycles.